The average molecular weight is 461 g/mol. The van der Waals surface area contributed by atoms with E-state index in [1.165, 1.54) is 0 Å². The molecule has 0 radical (unpaired) electrons. The molecular formula is C28H32N2O4. The van der Waals surface area contributed by atoms with Gasteiger partial charge in [0, 0.05) is 19.5 Å². The quantitative estimate of drug-likeness (QED) is 0.439. The molecule has 0 aromatic heterocycles. The lowest BCUT2D eigenvalue weighted by Gasteiger charge is -2.31. The van der Waals surface area contributed by atoms with E-state index in [1.807, 2.05) is 79.7 Å². The standard InChI is InChI=1S/C28H32N2O4/c1-3-18-29-28(32)24(19-22-12-6-4-7-13-22)30(20-23-14-8-5-9-15-23)27(31)21-34-26-17-11-10-16-25(26)33-2/h4-17,24H,3,18-21H2,1-2H3,(H,29,32)/t24-/m1/s1. The number of nitrogens with zero attached hydrogens (tertiary/aromatic N) is 1. The highest BCUT2D eigenvalue weighted by molar-refractivity contribution is 5.88. The van der Waals surface area contributed by atoms with Gasteiger partial charge in [0.15, 0.2) is 18.1 Å². The van der Waals surface area contributed by atoms with Crippen molar-refractivity contribution in [3.05, 3.63) is 96.1 Å². The van der Waals surface area contributed by atoms with Gasteiger partial charge in [-0.1, -0.05) is 79.7 Å². The third kappa shape index (κ3) is 7.10. The summed E-state index contributed by atoms with van der Waals surface area (Å²) in [7, 11) is 1.56. The van der Waals surface area contributed by atoms with Crippen molar-refractivity contribution in [2.75, 3.05) is 20.3 Å². The zero-order chi connectivity index (χ0) is 24.2. The Morgan fingerprint density at radius 1 is 0.853 bits per heavy atom. The molecule has 0 saturated heterocycles. The number of ether oxygens (including phenoxy) is 2. The molecule has 0 spiro atoms. The number of amides is 2. The normalized spacial score (nSPS) is 11.4. The lowest BCUT2D eigenvalue weighted by Crippen LogP contribution is -2.51. The van der Waals surface area contributed by atoms with Crippen molar-refractivity contribution in [1.29, 1.82) is 0 Å². The van der Waals surface area contributed by atoms with E-state index in [0.29, 0.717) is 31.0 Å². The van der Waals surface area contributed by atoms with Gasteiger partial charge < -0.3 is 19.7 Å². The second-order valence-electron chi connectivity index (χ2n) is 7.94. The van der Waals surface area contributed by atoms with E-state index in [2.05, 4.69) is 5.32 Å². The van der Waals surface area contributed by atoms with Crippen molar-refractivity contribution in [3.63, 3.8) is 0 Å². The van der Waals surface area contributed by atoms with Crippen LogP contribution in [0.5, 0.6) is 11.5 Å². The highest BCUT2D eigenvalue weighted by Crippen LogP contribution is 2.26. The first-order valence-electron chi connectivity index (χ1n) is 11.5. The van der Waals surface area contributed by atoms with Crippen molar-refractivity contribution in [2.45, 2.75) is 32.4 Å². The van der Waals surface area contributed by atoms with Crippen LogP contribution in [-0.2, 0) is 22.6 Å². The summed E-state index contributed by atoms with van der Waals surface area (Å²) in [5, 5.41) is 2.97. The fourth-order valence-corrected chi connectivity index (χ4v) is 3.66. The molecule has 3 rings (SSSR count). The van der Waals surface area contributed by atoms with E-state index >= 15 is 0 Å². The SMILES string of the molecule is CCCNC(=O)[C@@H](Cc1ccccc1)N(Cc1ccccc1)C(=O)COc1ccccc1OC. The Bertz CT molecular complexity index is 1040. The second kappa shape index (κ2) is 13.0. The van der Waals surface area contributed by atoms with Gasteiger partial charge in [-0.2, -0.15) is 0 Å². The molecule has 0 bridgehead atoms. The number of rotatable bonds is 12. The summed E-state index contributed by atoms with van der Waals surface area (Å²) in [6.07, 6.45) is 1.22. The van der Waals surface area contributed by atoms with Crippen LogP contribution < -0.4 is 14.8 Å². The zero-order valence-electron chi connectivity index (χ0n) is 19.8. The van der Waals surface area contributed by atoms with Gasteiger partial charge in [-0.15, -0.1) is 0 Å². The fraction of sp³-hybridized carbons (Fsp3) is 0.286. The fourth-order valence-electron chi connectivity index (χ4n) is 3.66. The predicted molar refractivity (Wildman–Crippen MR) is 133 cm³/mol. The van der Waals surface area contributed by atoms with Gasteiger partial charge in [-0.25, -0.2) is 0 Å². The molecule has 1 atom stereocenters. The first-order chi connectivity index (χ1) is 16.6. The van der Waals surface area contributed by atoms with Crippen LogP contribution in [0.2, 0.25) is 0 Å². The summed E-state index contributed by atoms with van der Waals surface area (Å²) >= 11 is 0. The molecule has 3 aromatic carbocycles. The maximum absolute atomic E-state index is 13.5. The highest BCUT2D eigenvalue weighted by atomic mass is 16.5. The largest absolute Gasteiger partial charge is 0.493 e. The summed E-state index contributed by atoms with van der Waals surface area (Å²) in [6.45, 7) is 2.64. The molecule has 3 aromatic rings. The van der Waals surface area contributed by atoms with E-state index in [0.717, 1.165) is 17.5 Å². The summed E-state index contributed by atoms with van der Waals surface area (Å²) in [6, 6.07) is 25.9. The molecular weight excluding hydrogens is 428 g/mol. The predicted octanol–water partition coefficient (Wildman–Crippen LogP) is 4.24. The minimum absolute atomic E-state index is 0.174. The van der Waals surface area contributed by atoms with Crippen LogP contribution >= 0.6 is 0 Å². The molecule has 0 heterocycles. The van der Waals surface area contributed by atoms with Crippen molar-refractivity contribution in [1.82, 2.24) is 10.2 Å². The van der Waals surface area contributed by atoms with Crippen LogP contribution in [0, 0.1) is 0 Å². The van der Waals surface area contributed by atoms with Gasteiger partial charge in [0.1, 0.15) is 6.04 Å². The summed E-state index contributed by atoms with van der Waals surface area (Å²) < 4.78 is 11.2. The third-order valence-electron chi connectivity index (χ3n) is 5.44. The number of nitrogens with one attached hydrogen (secondary N) is 1. The number of carbonyl (C=O) groups is 2. The van der Waals surface area contributed by atoms with Crippen molar-refractivity contribution in [2.24, 2.45) is 0 Å². The monoisotopic (exact) mass is 460 g/mol. The maximum atomic E-state index is 13.5. The average Bonchev–Trinajstić information content (AvgIpc) is 2.89. The number of para-hydroxylation sites is 2. The molecule has 1 N–H and O–H groups in total. The van der Waals surface area contributed by atoms with Gasteiger partial charge in [-0.3, -0.25) is 9.59 Å². The summed E-state index contributed by atoms with van der Waals surface area (Å²) in [4.78, 5) is 28.4. The number of benzene rings is 3. The summed E-state index contributed by atoms with van der Waals surface area (Å²) in [5.41, 5.74) is 1.92. The number of hydrogen-bond donors (Lipinski definition) is 1. The molecule has 2 amide bonds. The van der Waals surface area contributed by atoms with E-state index in [-0.39, 0.29) is 18.4 Å². The molecule has 0 aliphatic carbocycles. The van der Waals surface area contributed by atoms with Crippen LogP contribution in [0.15, 0.2) is 84.9 Å². The maximum Gasteiger partial charge on any atom is 0.261 e. The Hall–Kier alpha value is -3.80. The molecule has 178 valence electrons. The Morgan fingerprint density at radius 2 is 1.44 bits per heavy atom. The van der Waals surface area contributed by atoms with Crippen LogP contribution in [0.25, 0.3) is 0 Å². The van der Waals surface area contributed by atoms with Crippen molar-refractivity contribution < 1.29 is 19.1 Å². The van der Waals surface area contributed by atoms with Gasteiger partial charge in [0.2, 0.25) is 5.91 Å². The van der Waals surface area contributed by atoms with E-state index in [1.54, 1.807) is 24.1 Å². The topological polar surface area (TPSA) is 67.9 Å². The molecule has 6 heteroatoms. The lowest BCUT2D eigenvalue weighted by molar-refractivity contribution is -0.142. The number of carbonyl (C=O) groups excluding carboxylic acids is 2. The Morgan fingerprint density at radius 3 is 2.06 bits per heavy atom. The second-order valence-corrected chi connectivity index (χ2v) is 7.94. The van der Waals surface area contributed by atoms with Crippen LogP contribution in [-0.4, -0.2) is 43.0 Å². The summed E-state index contributed by atoms with van der Waals surface area (Å²) in [5.74, 6) is 0.578. The van der Waals surface area contributed by atoms with Crippen LogP contribution in [0.3, 0.4) is 0 Å². The van der Waals surface area contributed by atoms with Crippen LogP contribution in [0.1, 0.15) is 24.5 Å². The molecule has 0 saturated carbocycles. The van der Waals surface area contributed by atoms with E-state index in [4.69, 9.17) is 9.47 Å². The molecule has 0 unspecified atom stereocenters. The first-order valence-corrected chi connectivity index (χ1v) is 11.5. The third-order valence-corrected chi connectivity index (χ3v) is 5.44. The Balaban J connectivity index is 1.88. The minimum Gasteiger partial charge on any atom is -0.493 e. The molecule has 0 aliphatic heterocycles. The molecule has 34 heavy (non-hydrogen) atoms. The van der Waals surface area contributed by atoms with Gasteiger partial charge in [-0.05, 0) is 29.7 Å². The minimum atomic E-state index is -0.678. The number of methoxy groups -OCH3 is 1. The van der Waals surface area contributed by atoms with Crippen molar-refractivity contribution >= 4 is 11.8 Å². The number of hydrogen-bond acceptors (Lipinski definition) is 4. The highest BCUT2D eigenvalue weighted by Gasteiger charge is 2.30. The van der Waals surface area contributed by atoms with Gasteiger partial charge in [0.25, 0.3) is 5.91 Å². The molecule has 0 fully saturated rings. The van der Waals surface area contributed by atoms with Gasteiger partial charge in [0.05, 0.1) is 7.11 Å². The Labute approximate surface area is 201 Å². The molecule has 6 nitrogen and oxygen atoms in total. The van der Waals surface area contributed by atoms with E-state index in [9.17, 15) is 9.59 Å². The van der Waals surface area contributed by atoms with E-state index < -0.39 is 6.04 Å². The Kier molecular flexibility index (Phi) is 9.52. The first kappa shape index (κ1) is 24.8. The molecule has 0 aliphatic rings. The lowest BCUT2D eigenvalue weighted by atomic mass is 10.0. The van der Waals surface area contributed by atoms with Crippen LogP contribution in [0.4, 0.5) is 0 Å². The smallest absolute Gasteiger partial charge is 0.261 e. The van der Waals surface area contributed by atoms with Crippen molar-refractivity contribution in [3.8, 4) is 11.5 Å². The zero-order valence-corrected chi connectivity index (χ0v) is 19.8. The van der Waals surface area contributed by atoms with Gasteiger partial charge >= 0.3 is 0 Å².